The first-order chi connectivity index (χ1) is 9.28. The first-order valence-electron chi connectivity index (χ1n) is 6.11. The highest BCUT2D eigenvalue weighted by Gasteiger charge is 2.13. The fourth-order valence-corrected chi connectivity index (χ4v) is 2.82. The fraction of sp³-hybridized carbons (Fsp3) is 0.214. The highest BCUT2D eigenvalue weighted by molar-refractivity contribution is 7.21. The molecule has 0 aliphatic carbocycles. The Kier molecular flexibility index (Phi) is 3.13. The summed E-state index contributed by atoms with van der Waals surface area (Å²) in [6, 6.07) is 10.1. The van der Waals surface area contributed by atoms with Crippen LogP contribution in [0.5, 0.6) is 5.88 Å². The zero-order valence-corrected chi connectivity index (χ0v) is 11.6. The summed E-state index contributed by atoms with van der Waals surface area (Å²) in [4.78, 5) is 14.2. The van der Waals surface area contributed by atoms with Crippen molar-refractivity contribution in [2.45, 2.75) is 13.8 Å². The molecule has 1 aromatic carbocycles. The van der Waals surface area contributed by atoms with Crippen molar-refractivity contribution in [3.05, 3.63) is 36.2 Å². The van der Waals surface area contributed by atoms with Gasteiger partial charge in [-0.3, -0.25) is 0 Å². The molecule has 0 saturated heterocycles. The summed E-state index contributed by atoms with van der Waals surface area (Å²) in [6.45, 7) is 4.38. The quantitative estimate of drug-likeness (QED) is 0.732. The lowest BCUT2D eigenvalue weighted by molar-refractivity contribution is 0.329. The molecule has 0 unspecified atom stereocenters. The van der Waals surface area contributed by atoms with Gasteiger partial charge in [0.1, 0.15) is 10.8 Å². The molecule has 0 amide bonds. The maximum absolute atomic E-state index is 5.54. The lowest BCUT2D eigenvalue weighted by atomic mass is 10.2. The van der Waals surface area contributed by atoms with E-state index in [1.807, 2.05) is 44.2 Å². The lowest BCUT2D eigenvalue weighted by Gasteiger charge is -2.02. The molecule has 0 saturated carbocycles. The zero-order valence-electron chi connectivity index (χ0n) is 10.8. The van der Waals surface area contributed by atoms with Gasteiger partial charge in [0.25, 0.3) is 0 Å². The van der Waals surface area contributed by atoms with E-state index in [0.717, 1.165) is 20.9 Å². The molecule has 4 nitrogen and oxygen atoms in total. The minimum atomic E-state index is 0.573. The molecule has 2 aromatic heterocycles. The maximum Gasteiger partial charge on any atom is 0.244 e. The van der Waals surface area contributed by atoms with Crippen molar-refractivity contribution in [1.29, 1.82) is 0 Å². The number of fused-ring (bicyclic) bond motifs is 1. The number of hydrogen-bond donors (Lipinski definition) is 0. The molecule has 2 heterocycles. The summed E-state index contributed by atoms with van der Waals surface area (Å²) in [5.74, 6) is 1.28. The van der Waals surface area contributed by atoms with Crippen molar-refractivity contribution >= 4 is 21.7 Å². The van der Waals surface area contributed by atoms with E-state index in [-0.39, 0.29) is 0 Å². The Morgan fingerprint density at radius 3 is 2.63 bits per heavy atom. The van der Waals surface area contributed by atoms with Gasteiger partial charge in [-0.15, -0.1) is 0 Å². The predicted octanol–water partition coefficient (Wildman–Crippen LogP) is 3.46. The minimum Gasteiger partial charge on any atom is -0.476 e. The van der Waals surface area contributed by atoms with Crippen molar-refractivity contribution in [1.82, 2.24) is 15.0 Å². The van der Waals surface area contributed by atoms with Crippen molar-refractivity contribution in [2.75, 3.05) is 6.61 Å². The Bertz CT molecular complexity index is 709. The smallest absolute Gasteiger partial charge is 0.244 e. The van der Waals surface area contributed by atoms with Gasteiger partial charge in [-0.05, 0) is 13.8 Å². The second-order valence-electron chi connectivity index (χ2n) is 4.05. The first kappa shape index (κ1) is 12.0. The van der Waals surface area contributed by atoms with E-state index in [1.54, 1.807) is 11.3 Å². The van der Waals surface area contributed by atoms with Crippen LogP contribution in [0.2, 0.25) is 0 Å². The number of hydrogen-bond acceptors (Lipinski definition) is 5. The van der Waals surface area contributed by atoms with Crippen molar-refractivity contribution in [2.24, 2.45) is 0 Å². The number of nitrogens with zero attached hydrogens (tertiary/aromatic N) is 3. The molecular formula is C14H13N3OS. The third kappa shape index (κ3) is 2.29. The largest absolute Gasteiger partial charge is 0.476 e. The average Bonchev–Trinajstić information content (AvgIpc) is 2.84. The van der Waals surface area contributed by atoms with E-state index in [2.05, 4.69) is 15.0 Å². The molecule has 19 heavy (non-hydrogen) atoms. The normalized spacial score (nSPS) is 10.8. The number of aryl methyl sites for hydroxylation is 1. The Morgan fingerprint density at radius 2 is 1.89 bits per heavy atom. The van der Waals surface area contributed by atoms with Gasteiger partial charge in [-0.2, -0.15) is 4.98 Å². The van der Waals surface area contributed by atoms with Crippen molar-refractivity contribution < 1.29 is 4.74 Å². The number of benzene rings is 1. The van der Waals surface area contributed by atoms with Crippen LogP contribution >= 0.6 is 11.3 Å². The van der Waals surface area contributed by atoms with Crippen LogP contribution in [-0.2, 0) is 0 Å². The van der Waals surface area contributed by atoms with Gasteiger partial charge in [0.05, 0.1) is 6.61 Å². The van der Waals surface area contributed by atoms with E-state index in [4.69, 9.17) is 4.74 Å². The average molecular weight is 271 g/mol. The molecule has 0 bridgehead atoms. The van der Waals surface area contributed by atoms with Gasteiger partial charge in [0, 0.05) is 5.56 Å². The molecule has 0 radical (unpaired) electrons. The Hall–Kier alpha value is -2.01. The third-order valence-electron chi connectivity index (χ3n) is 2.64. The SMILES string of the molecule is CCOc1nc(C)nc2sc(-c3ccccc3)nc12. The van der Waals surface area contributed by atoms with Crippen molar-refractivity contribution in [3.8, 4) is 16.5 Å². The number of rotatable bonds is 3. The molecule has 5 heteroatoms. The van der Waals surface area contributed by atoms with E-state index < -0.39 is 0 Å². The van der Waals surface area contributed by atoms with Crippen LogP contribution in [0, 0.1) is 6.92 Å². The van der Waals surface area contributed by atoms with Crippen LogP contribution < -0.4 is 4.74 Å². The lowest BCUT2D eigenvalue weighted by Crippen LogP contribution is -1.98. The standard InChI is InChI=1S/C14H13N3OS/c1-3-18-12-11-14(16-9(2)15-12)19-13(17-11)10-7-5-4-6-8-10/h4-8H,3H2,1-2H3. The van der Waals surface area contributed by atoms with Crippen LogP contribution in [0.4, 0.5) is 0 Å². The summed E-state index contributed by atoms with van der Waals surface area (Å²) in [5.41, 5.74) is 1.84. The molecule has 3 rings (SSSR count). The van der Waals surface area contributed by atoms with E-state index >= 15 is 0 Å². The molecule has 0 atom stereocenters. The Morgan fingerprint density at radius 1 is 1.11 bits per heavy atom. The second kappa shape index (κ2) is 4.93. The van der Waals surface area contributed by atoms with E-state index in [1.165, 1.54) is 0 Å². The van der Waals surface area contributed by atoms with Gasteiger partial charge < -0.3 is 4.74 Å². The number of aromatic nitrogens is 3. The molecule has 0 aliphatic rings. The summed E-state index contributed by atoms with van der Waals surface area (Å²) in [6.07, 6.45) is 0. The van der Waals surface area contributed by atoms with Gasteiger partial charge in [0.2, 0.25) is 5.88 Å². The first-order valence-corrected chi connectivity index (χ1v) is 6.93. The molecule has 96 valence electrons. The zero-order chi connectivity index (χ0) is 13.2. The van der Waals surface area contributed by atoms with Gasteiger partial charge >= 0.3 is 0 Å². The van der Waals surface area contributed by atoms with E-state index in [9.17, 15) is 0 Å². The number of ether oxygens (including phenoxy) is 1. The molecule has 0 fully saturated rings. The van der Waals surface area contributed by atoms with Gasteiger partial charge in [-0.1, -0.05) is 41.7 Å². The fourth-order valence-electron chi connectivity index (χ4n) is 1.84. The highest BCUT2D eigenvalue weighted by Crippen LogP contribution is 2.32. The van der Waals surface area contributed by atoms with Crippen LogP contribution in [0.25, 0.3) is 20.9 Å². The summed E-state index contributed by atoms with van der Waals surface area (Å²) >= 11 is 1.56. The number of thiazole rings is 1. The molecule has 0 N–H and O–H groups in total. The van der Waals surface area contributed by atoms with Gasteiger partial charge in [0.15, 0.2) is 10.3 Å². The highest BCUT2D eigenvalue weighted by atomic mass is 32.1. The molecule has 0 spiro atoms. The van der Waals surface area contributed by atoms with Crippen LogP contribution in [-0.4, -0.2) is 21.6 Å². The van der Waals surface area contributed by atoms with Crippen LogP contribution in [0.3, 0.4) is 0 Å². The minimum absolute atomic E-state index is 0.573. The Balaban J connectivity index is 2.17. The van der Waals surface area contributed by atoms with Crippen LogP contribution in [0.1, 0.15) is 12.7 Å². The molecule has 0 aliphatic heterocycles. The van der Waals surface area contributed by atoms with Crippen molar-refractivity contribution in [3.63, 3.8) is 0 Å². The van der Waals surface area contributed by atoms with E-state index in [0.29, 0.717) is 18.3 Å². The topological polar surface area (TPSA) is 47.9 Å². The summed E-state index contributed by atoms with van der Waals surface area (Å²) in [7, 11) is 0. The maximum atomic E-state index is 5.54. The van der Waals surface area contributed by atoms with Crippen LogP contribution in [0.15, 0.2) is 30.3 Å². The van der Waals surface area contributed by atoms with Gasteiger partial charge in [-0.25, -0.2) is 9.97 Å². The third-order valence-corrected chi connectivity index (χ3v) is 3.64. The second-order valence-corrected chi connectivity index (χ2v) is 5.03. The predicted molar refractivity (Wildman–Crippen MR) is 76.6 cm³/mol. The Labute approximate surface area is 115 Å². The molecular weight excluding hydrogens is 258 g/mol. The molecule has 3 aromatic rings. The monoisotopic (exact) mass is 271 g/mol. The summed E-state index contributed by atoms with van der Waals surface area (Å²) in [5, 5.41) is 0.941. The summed E-state index contributed by atoms with van der Waals surface area (Å²) < 4.78 is 5.54.